The number of anilines is 1. The minimum atomic E-state index is -0.736. The van der Waals surface area contributed by atoms with Gasteiger partial charge in [-0.2, -0.15) is 0 Å². The Labute approximate surface area is 170 Å². The van der Waals surface area contributed by atoms with Crippen molar-refractivity contribution in [1.29, 1.82) is 0 Å². The molecule has 1 aliphatic carbocycles. The van der Waals surface area contributed by atoms with Crippen molar-refractivity contribution in [3.8, 4) is 0 Å². The molecule has 4 rings (SSSR count). The maximum absolute atomic E-state index is 13.6. The second kappa shape index (κ2) is 7.55. The molecule has 1 atom stereocenters. The third kappa shape index (κ3) is 3.79. The fraction of sp³-hybridized carbons (Fsp3) is 0.381. The number of hydrogen-bond donors (Lipinski definition) is 1. The number of aliphatic imine (C=N–C) groups is 1. The van der Waals surface area contributed by atoms with E-state index in [-0.39, 0.29) is 17.3 Å². The maximum Gasteiger partial charge on any atom is 0.335 e. The summed E-state index contributed by atoms with van der Waals surface area (Å²) >= 11 is 0. The zero-order valence-corrected chi connectivity index (χ0v) is 16.4. The Morgan fingerprint density at radius 1 is 1.17 bits per heavy atom. The largest absolute Gasteiger partial charge is 0.335 e. The molecule has 2 amide bonds. The zero-order valence-electron chi connectivity index (χ0n) is 16.4. The lowest BCUT2D eigenvalue weighted by atomic mass is 9.72. The number of benzene rings is 1. The molecule has 1 aliphatic heterocycles. The summed E-state index contributed by atoms with van der Waals surface area (Å²) in [6.07, 6.45) is 2.73. The highest BCUT2D eigenvalue weighted by Crippen LogP contribution is 2.45. The summed E-state index contributed by atoms with van der Waals surface area (Å²) in [4.78, 5) is 48.2. The lowest BCUT2D eigenvalue weighted by molar-refractivity contribution is -0.396. The average Bonchev–Trinajstić information content (AvgIpc) is 2.96. The van der Waals surface area contributed by atoms with E-state index in [1.54, 1.807) is 6.92 Å². The van der Waals surface area contributed by atoms with Crippen molar-refractivity contribution < 1.29 is 23.4 Å². The number of aryl methyl sites for hydroxylation is 1. The smallest absolute Gasteiger partial charge is 0.312 e. The van der Waals surface area contributed by atoms with E-state index >= 15 is 0 Å². The Bertz CT molecular complexity index is 1110. The molecule has 9 heteroatoms. The topological polar surface area (TPSA) is 96.7 Å². The van der Waals surface area contributed by atoms with Gasteiger partial charge in [-0.15, -0.1) is 0 Å². The molecule has 2 aromatic rings. The van der Waals surface area contributed by atoms with E-state index in [2.05, 4.69) is 15.0 Å². The van der Waals surface area contributed by atoms with E-state index in [1.807, 2.05) is 0 Å². The Kier molecular flexibility index (Phi) is 5.05. The van der Waals surface area contributed by atoms with Crippen LogP contribution >= 0.6 is 0 Å². The van der Waals surface area contributed by atoms with E-state index < -0.39 is 28.5 Å². The number of halogens is 2. The van der Waals surface area contributed by atoms with E-state index in [0.29, 0.717) is 50.2 Å². The Balaban J connectivity index is 1.57. The molecule has 7 nitrogen and oxygen atoms in total. The van der Waals surface area contributed by atoms with Crippen LogP contribution in [-0.4, -0.2) is 29.1 Å². The summed E-state index contributed by atoms with van der Waals surface area (Å²) < 4.78 is 27.2. The Morgan fingerprint density at radius 3 is 2.60 bits per heavy atom. The van der Waals surface area contributed by atoms with Gasteiger partial charge < -0.3 is 4.90 Å². The van der Waals surface area contributed by atoms with Crippen molar-refractivity contribution in [3.05, 3.63) is 57.8 Å². The zero-order chi connectivity index (χ0) is 21.5. The third-order valence-electron chi connectivity index (χ3n) is 5.73. The molecule has 0 bridgehead atoms. The summed E-state index contributed by atoms with van der Waals surface area (Å²) in [5.41, 5.74) is -0.258. The summed E-state index contributed by atoms with van der Waals surface area (Å²) in [6.45, 7) is 1.98. The van der Waals surface area contributed by atoms with Gasteiger partial charge in [-0.3, -0.25) is 9.59 Å². The minimum absolute atomic E-state index is 0.0815. The molecule has 1 aromatic carbocycles. The van der Waals surface area contributed by atoms with Crippen LogP contribution in [0.5, 0.6) is 0 Å². The van der Waals surface area contributed by atoms with E-state index in [9.17, 15) is 23.2 Å². The molecule has 1 saturated heterocycles. The summed E-state index contributed by atoms with van der Waals surface area (Å²) in [7, 11) is 0. The molecule has 1 aromatic heterocycles. The number of H-pyrrole nitrogens is 2. The normalized spacial score (nSPS) is 22.8. The summed E-state index contributed by atoms with van der Waals surface area (Å²) in [5, 5.41) is 0. The maximum atomic E-state index is 13.6. The van der Waals surface area contributed by atoms with E-state index in [1.165, 1.54) is 4.90 Å². The van der Waals surface area contributed by atoms with Crippen LogP contribution in [0.25, 0.3) is 0 Å². The molecule has 2 N–H and O–H groups in total. The highest BCUT2D eigenvalue weighted by Gasteiger charge is 2.49. The first-order valence-electron chi connectivity index (χ1n) is 9.78. The molecule has 2 aliphatic rings. The van der Waals surface area contributed by atoms with Crippen LogP contribution in [0, 0.1) is 24.0 Å². The number of nitrogens with zero attached hydrogens (tertiary/aromatic N) is 2. The SMILES string of the molecule is Cc1[nH]c(=O)cc(C(=O)N=C2CCC[C@@]3(CCN(c4cc(F)cc(F)c4)C3=O)C2)[nH+]1. The fourth-order valence-corrected chi connectivity index (χ4v) is 4.39. The van der Waals surface area contributed by atoms with E-state index in [0.717, 1.165) is 24.3 Å². The van der Waals surface area contributed by atoms with Gasteiger partial charge in [0.25, 0.3) is 5.82 Å². The summed E-state index contributed by atoms with van der Waals surface area (Å²) in [5.74, 6) is -1.80. The second-order valence-corrected chi connectivity index (χ2v) is 7.93. The van der Waals surface area contributed by atoms with Gasteiger partial charge in [-0.1, -0.05) is 0 Å². The van der Waals surface area contributed by atoms with Crippen LogP contribution in [0.1, 0.15) is 48.4 Å². The van der Waals surface area contributed by atoms with Gasteiger partial charge in [-0.05, 0) is 37.8 Å². The van der Waals surface area contributed by atoms with Gasteiger partial charge in [0.1, 0.15) is 11.6 Å². The number of carbonyl (C=O) groups is 2. The van der Waals surface area contributed by atoms with Crippen LogP contribution < -0.4 is 15.4 Å². The lowest BCUT2D eigenvalue weighted by Gasteiger charge is -2.32. The van der Waals surface area contributed by atoms with Crippen molar-refractivity contribution in [2.45, 2.75) is 39.0 Å². The number of carbonyl (C=O) groups excluding carboxylic acids is 2. The van der Waals surface area contributed by atoms with Gasteiger partial charge in [-0.25, -0.2) is 28.5 Å². The molecule has 30 heavy (non-hydrogen) atoms. The molecule has 1 saturated carbocycles. The molecule has 0 radical (unpaired) electrons. The number of amides is 2. The molecule has 156 valence electrons. The molecular weight excluding hydrogens is 394 g/mol. The monoisotopic (exact) mass is 415 g/mol. The Hall–Kier alpha value is -3.23. The van der Waals surface area contributed by atoms with Crippen LogP contribution in [0.3, 0.4) is 0 Å². The van der Waals surface area contributed by atoms with Gasteiger partial charge in [0.15, 0.2) is 5.69 Å². The lowest BCUT2D eigenvalue weighted by Crippen LogP contribution is -2.38. The van der Waals surface area contributed by atoms with Gasteiger partial charge in [0.2, 0.25) is 5.91 Å². The average molecular weight is 415 g/mol. The number of hydrogen-bond acceptors (Lipinski definition) is 3. The van der Waals surface area contributed by atoms with Crippen molar-refractivity contribution in [3.63, 3.8) is 0 Å². The molecule has 0 unspecified atom stereocenters. The second-order valence-electron chi connectivity index (χ2n) is 7.93. The van der Waals surface area contributed by atoms with Crippen LogP contribution in [0.2, 0.25) is 0 Å². The van der Waals surface area contributed by atoms with Crippen LogP contribution in [0.4, 0.5) is 14.5 Å². The first-order valence-corrected chi connectivity index (χ1v) is 9.78. The number of aromatic amines is 2. The van der Waals surface area contributed by atoms with Gasteiger partial charge >= 0.3 is 11.5 Å². The van der Waals surface area contributed by atoms with Gasteiger partial charge in [0, 0.05) is 37.4 Å². The van der Waals surface area contributed by atoms with Crippen molar-refractivity contribution in [2.24, 2.45) is 10.4 Å². The third-order valence-corrected chi connectivity index (χ3v) is 5.73. The predicted molar refractivity (Wildman–Crippen MR) is 104 cm³/mol. The predicted octanol–water partition coefficient (Wildman–Crippen LogP) is 2.35. The number of nitrogens with one attached hydrogen (secondary N) is 2. The highest BCUT2D eigenvalue weighted by atomic mass is 19.1. The molecule has 1 spiro atoms. The first kappa shape index (κ1) is 20.1. The van der Waals surface area contributed by atoms with Crippen LogP contribution in [-0.2, 0) is 4.79 Å². The highest BCUT2D eigenvalue weighted by molar-refractivity contribution is 6.07. The molecular formula is C21H21F2N4O3+. The van der Waals surface area contributed by atoms with Crippen LogP contribution in [0.15, 0.2) is 34.1 Å². The Morgan fingerprint density at radius 2 is 1.90 bits per heavy atom. The first-order chi connectivity index (χ1) is 14.3. The standard InChI is InChI=1S/C21H20F2N4O3/c1-12-24-17(10-18(28)25-12)19(29)26-15-3-2-4-21(11-15)5-6-27(20(21)30)16-8-13(22)7-14(23)9-16/h7-10H,2-6,11H2,1H3,(H,24,25,28)/p+1/t21-/m1/s1. The fourth-order valence-electron chi connectivity index (χ4n) is 4.39. The quantitative estimate of drug-likeness (QED) is 0.815. The van der Waals surface area contributed by atoms with Crippen molar-refractivity contribution >= 4 is 23.2 Å². The molecule has 2 fully saturated rings. The number of rotatable bonds is 2. The minimum Gasteiger partial charge on any atom is -0.312 e. The van der Waals surface area contributed by atoms with Crippen molar-refractivity contribution in [1.82, 2.24) is 4.98 Å². The van der Waals surface area contributed by atoms with Crippen molar-refractivity contribution in [2.75, 3.05) is 11.4 Å². The summed E-state index contributed by atoms with van der Waals surface area (Å²) in [6, 6.07) is 4.21. The van der Waals surface area contributed by atoms with E-state index in [4.69, 9.17) is 0 Å². The number of aromatic nitrogens is 2. The van der Waals surface area contributed by atoms with Gasteiger partial charge in [0.05, 0.1) is 11.5 Å². The molecule has 2 heterocycles.